The summed E-state index contributed by atoms with van der Waals surface area (Å²) >= 11 is 0. The fourth-order valence-corrected chi connectivity index (χ4v) is 2.88. The molecule has 0 unspecified atom stereocenters. The summed E-state index contributed by atoms with van der Waals surface area (Å²) in [6, 6.07) is 6.62. The lowest BCUT2D eigenvalue weighted by molar-refractivity contribution is -0.142. The number of esters is 1. The van der Waals surface area contributed by atoms with E-state index in [-0.39, 0.29) is 12.6 Å². The Morgan fingerprint density at radius 2 is 2.19 bits per heavy atom. The van der Waals surface area contributed by atoms with Crippen LogP contribution in [0.25, 0.3) is 11.0 Å². The molecule has 0 N–H and O–H groups in total. The van der Waals surface area contributed by atoms with Crippen LogP contribution >= 0.6 is 0 Å². The first-order valence-corrected chi connectivity index (χ1v) is 7.33. The molecule has 1 aromatic carbocycles. The van der Waals surface area contributed by atoms with E-state index in [4.69, 9.17) is 9.47 Å². The van der Waals surface area contributed by atoms with Crippen LogP contribution in [0.4, 0.5) is 0 Å². The lowest BCUT2D eigenvalue weighted by Crippen LogP contribution is -2.21. The Morgan fingerprint density at radius 3 is 2.90 bits per heavy atom. The maximum Gasteiger partial charge on any atom is 0.303 e. The number of carbonyl (C=O) groups is 1. The molecule has 0 saturated carbocycles. The van der Waals surface area contributed by atoms with Gasteiger partial charge >= 0.3 is 5.97 Å². The molecular weight excluding hydrogens is 268 g/mol. The first-order chi connectivity index (χ1) is 10.1. The van der Waals surface area contributed by atoms with Crippen molar-refractivity contribution in [1.29, 1.82) is 0 Å². The second-order valence-electron chi connectivity index (χ2n) is 5.51. The SMILES string of the molecule is CC(=O)OCc1nc2cc(C)ccc2n1C1CCOCC1. The molecule has 5 nitrogen and oxygen atoms in total. The number of hydrogen-bond donors (Lipinski definition) is 0. The zero-order valence-electron chi connectivity index (χ0n) is 12.5. The molecule has 0 aliphatic carbocycles. The number of aromatic nitrogens is 2. The molecule has 0 bridgehead atoms. The Bertz CT molecular complexity index is 657. The Morgan fingerprint density at radius 1 is 1.43 bits per heavy atom. The summed E-state index contributed by atoms with van der Waals surface area (Å²) in [5.74, 6) is 0.537. The van der Waals surface area contributed by atoms with Gasteiger partial charge in [-0.2, -0.15) is 0 Å². The van der Waals surface area contributed by atoms with Gasteiger partial charge in [0.25, 0.3) is 0 Å². The second kappa shape index (κ2) is 5.85. The van der Waals surface area contributed by atoms with Crippen molar-refractivity contribution in [2.45, 2.75) is 39.3 Å². The number of ether oxygens (including phenoxy) is 2. The molecule has 21 heavy (non-hydrogen) atoms. The van der Waals surface area contributed by atoms with Gasteiger partial charge in [-0.05, 0) is 37.5 Å². The fourth-order valence-electron chi connectivity index (χ4n) is 2.88. The minimum absolute atomic E-state index is 0.223. The Hall–Kier alpha value is -1.88. The molecule has 0 spiro atoms. The van der Waals surface area contributed by atoms with Crippen LogP contribution in [0.3, 0.4) is 0 Å². The van der Waals surface area contributed by atoms with Crippen molar-refractivity contribution in [2.75, 3.05) is 13.2 Å². The van der Waals surface area contributed by atoms with Crippen molar-refractivity contribution in [3.63, 3.8) is 0 Å². The summed E-state index contributed by atoms with van der Waals surface area (Å²) in [4.78, 5) is 15.8. The van der Waals surface area contributed by atoms with E-state index >= 15 is 0 Å². The van der Waals surface area contributed by atoms with E-state index < -0.39 is 0 Å². The molecule has 0 atom stereocenters. The third-order valence-corrected chi connectivity index (χ3v) is 3.88. The van der Waals surface area contributed by atoms with E-state index in [0.717, 1.165) is 42.9 Å². The van der Waals surface area contributed by atoms with Gasteiger partial charge in [-0.1, -0.05) is 6.07 Å². The van der Waals surface area contributed by atoms with Crippen LogP contribution in [-0.4, -0.2) is 28.7 Å². The average molecular weight is 288 g/mol. The molecule has 1 saturated heterocycles. The molecule has 1 fully saturated rings. The van der Waals surface area contributed by atoms with Crippen LogP contribution in [0.2, 0.25) is 0 Å². The number of benzene rings is 1. The van der Waals surface area contributed by atoms with E-state index in [9.17, 15) is 4.79 Å². The van der Waals surface area contributed by atoms with Crippen molar-refractivity contribution >= 4 is 17.0 Å². The van der Waals surface area contributed by atoms with Gasteiger partial charge in [0, 0.05) is 26.2 Å². The van der Waals surface area contributed by atoms with Gasteiger partial charge in [0.15, 0.2) is 0 Å². The van der Waals surface area contributed by atoms with Crippen molar-refractivity contribution in [3.8, 4) is 0 Å². The van der Waals surface area contributed by atoms with Gasteiger partial charge in [-0.25, -0.2) is 4.98 Å². The van der Waals surface area contributed by atoms with Crippen LogP contribution in [0, 0.1) is 6.92 Å². The molecule has 0 radical (unpaired) electrons. The van der Waals surface area contributed by atoms with Gasteiger partial charge in [0.1, 0.15) is 12.4 Å². The standard InChI is InChI=1S/C16H20N2O3/c1-11-3-4-15-14(9-11)17-16(10-21-12(2)19)18(15)13-5-7-20-8-6-13/h3-4,9,13H,5-8,10H2,1-2H3. The lowest BCUT2D eigenvalue weighted by Gasteiger charge is -2.25. The quantitative estimate of drug-likeness (QED) is 0.815. The van der Waals surface area contributed by atoms with Gasteiger partial charge < -0.3 is 14.0 Å². The van der Waals surface area contributed by atoms with Gasteiger partial charge in [0.05, 0.1) is 11.0 Å². The van der Waals surface area contributed by atoms with Crippen molar-refractivity contribution in [2.24, 2.45) is 0 Å². The molecule has 0 amide bonds. The summed E-state index contributed by atoms with van der Waals surface area (Å²) in [6.07, 6.45) is 1.93. The predicted molar refractivity (Wildman–Crippen MR) is 79.0 cm³/mol. The summed E-state index contributed by atoms with van der Waals surface area (Å²) in [6.45, 7) is 5.23. The number of imidazole rings is 1. The summed E-state index contributed by atoms with van der Waals surface area (Å²) in [7, 11) is 0. The molecule has 1 aliphatic heterocycles. The monoisotopic (exact) mass is 288 g/mol. The number of aryl methyl sites for hydroxylation is 1. The van der Waals surface area contributed by atoms with E-state index in [1.807, 2.05) is 0 Å². The molecule has 2 heterocycles. The molecule has 112 valence electrons. The van der Waals surface area contributed by atoms with Crippen LogP contribution < -0.4 is 0 Å². The maximum absolute atomic E-state index is 11.1. The van der Waals surface area contributed by atoms with Crippen LogP contribution in [0.1, 0.15) is 37.2 Å². The Kier molecular flexibility index (Phi) is 3.92. The topological polar surface area (TPSA) is 53.3 Å². The minimum Gasteiger partial charge on any atom is -0.458 e. The average Bonchev–Trinajstić information content (AvgIpc) is 2.83. The highest BCUT2D eigenvalue weighted by Gasteiger charge is 2.22. The Labute approximate surface area is 123 Å². The van der Waals surface area contributed by atoms with E-state index in [1.54, 1.807) is 0 Å². The largest absolute Gasteiger partial charge is 0.458 e. The lowest BCUT2D eigenvalue weighted by atomic mass is 10.1. The molecule has 5 heteroatoms. The summed E-state index contributed by atoms with van der Waals surface area (Å²) in [5, 5.41) is 0. The Balaban J connectivity index is 2.03. The summed E-state index contributed by atoms with van der Waals surface area (Å²) < 4.78 is 12.8. The minimum atomic E-state index is -0.281. The first kappa shape index (κ1) is 14.1. The molecule has 1 aromatic heterocycles. The van der Waals surface area contributed by atoms with Crippen LogP contribution in [0.15, 0.2) is 18.2 Å². The van der Waals surface area contributed by atoms with E-state index in [2.05, 4.69) is 34.7 Å². The number of hydrogen-bond acceptors (Lipinski definition) is 4. The van der Waals surface area contributed by atoms with Crippen LogP contribution in [-0.2, 0) is 20.9 Å². The van der Waals surface area contributed by atoms with E-state index in [1.165, 1.54) is 12.5 Å². The molecule has 3 rings (SSSR count). The zero-order valence-corrected chi connectivity index (χ0v) is 12.5. The van der Waals surface area contributed by atoms with Gasteiger partial charge in [-0.3, -0.25) is 4.79 Å². The summed E-state index contributed by atoms with van der Waals surface area (Å²) in [5.41, 5.74) is 3.25. The smallest absolute Gasteiger partial charge is 0.303 e. The second-order valence-corrected chi connectivity index (χ2v) is 5.51. The highest BCUT2D eigenvalue weighted by atomic mass is 16.5. The normalized spacial score (nSPS) is 16.3. The molecule has 2 aromatic rings. The highest BCUT2D eigenvalue weighted by Crippen LogP contribution is 2.28. The zero-order chi connectivity index (χ0) is 14.8. The first-order valence-electron chi connectivity index (χ1n) is 7.33. The van der Waals surface area contributed by atoms with Crippen LogP contribution in [0.5, 0.6) is 0 Å². The van der Waals surface area contributed by atoms with E-state index in [0.29, 0.717) is 6.04 Å². The number of nitrogens with zero attached hydrogens (tertiary/aromatic N) is 2. The third kappa shape index (κ3) is 2.93. The number of rotatable bonds is 3. The van der Waals surface area contributed by atoms with Crippen molar-refractivity contribution < 1.29 is 14.3 Å². The maximum atomic E-state index is 11.1. The molecular formula is C16H20N2O3. The highest BCUT2D eigenvalue weighted by molar-refractivity contribution is 5.77. The molecule has 1 aliphatic rings. The predicted octanol–water partition coefficient (Wildman–Crippen LogP) is 2.76. The van der Waals surface area contributed by atoms with Crippen molar-refractivity contribution in [3.05, 3.63) is 29.6 Å². The number of carbonyl (C=O) groups excluding carboxylic acids is 1. The third-order valence-electron chi connectivity index (χ3n) is 3.88. The number of fused-ring (bicyclic) bond motifs is 1. The van der Waals surface area contributed by atoms with Gasteiger partial charge in [-0.15, -0.1) is 0 Å². The van der Waals surface area contributed by atoms with Gasteiger partial charge in [0.2, 0.25) is 0 Å². The fraction of sp³-hybridized carbons (Fsp3) is 0.500. The van der Waals surface area contributed by atoms with Crippen molar-refractivity contribution in [1.82, 2.24) is 9.55 Å².